The topological polar surface area (TPSA) is 67.2 Å². The van der Waals surface area contributed by atoms with Gasteiger partial charge in [-0.25, -0.2) is 4.68 Å². The Kier molecular flexibility index (Phi) is 5.80. The summed E-state index contributed by atoms with van der Waals surface area (Å²) in [5, 5.41) is 6.99. The van der Waals surface area contributed by atoms with E-state index in [2.05, 4.69) is 10.4 Å². The zero-order valence-electron chi connectivity index (χ0n) is 17.9. The Balaban J connectivity index is 1.60. The zero-order chi connectivity index (χ0) is 23.8. The summed E-state index contributed by atoms with van der Waals surface area (Å²) in [7, 11) is 0. The third kappa shape index (κ3) is 4.67. The molecule has 1 aliphatic heterocycles. The second-order valence-electron chi connectivity index (χ2n) is 7.77. The summed E-state index contributed by atoms with van der Waals surface area (Å²) in [6.45, 7) is 3.11. The molecule has 33 heavy (non-hydrogen) atoms. The number of aryl methyl sites for hydroxylation is 1. The van der Waals surface area contributed by atoms with Crippen LogP contribution in [-0.4, -0.2) is 26.5 Å². The first-order chi connectivity index (χ1) is 15.6. The molecule has 0 bridgehead atoms. The molecule has 0 radical (unpaired) electrons. The predicted octanol–water partition coefficient (Wildman–Crippen LogP) is 5.10. The van der Waals surface area contributed by atoms with E-state index in [1.807, 2.05) is 30.3 Å². The molecule has 1 aromatic heterocycles. The maximum Gasteiger partial charge on any atom is 0.416 e. The van der Waals surface area contributed by atoms with Gasteiger partial charge < -0.3 is 10.2 Å². The molecule has 0 saturated heterocycles. The van der Waals surface area contributed by atoms with Crippen LogP contribution in [0.5, 0.6) is 0 Å². The van der Waals surface area contributed by atoms with Gasteiger partial charge in [0, 0.05) is 19.2 Å². The van der Waals surface area contributed by atoms with Gasteiger partial charge in [-0.05, 0) is 42.3 Å². The molecule has 0 spiro atoms. The van der Waals surface area contributed by atoms with E-state index in [0.717, 1.165) is 23.3 Å². The number of aromatic nitrogens is 2. The summed E-state index contributed by atoms with van der Waals surface area (Å²) in [6.07, 6.45) is -1.07. The first kappa shape index (κ1) is 22.3. The largest absolute Gasteiger partial charge is 0.416 e. The van der Waals surface area contributed by atoms with E-state index in [1.54, 1.807) is 19.2 Å². The Bertz CT molecular complexity index is 1250. The first-order valence-electron chi connectivity index (χ1n) is 10.2. The van der Waals surface area contributed by atoms with Gasteiger partial charge in [-0.15, -0.1) is 0 Å². The number of rotatable bonds is 4. The fourth-order valence-electron chi connectivity index (χ4n) is 3.88. The summed E-state index contributed by atoms with van der Waals surface area (Å²) >= 11 is 0. The Labute approximate surface area is 188 Å². The van der Waals surface area contributed by atoms with Crippen LogP contribution in [0.25, 0.3) is 11.8 Å². The predicted molar refractivity (Wildman–Crippen MR) is 117 cm³/mol. The van der Waals surface area contributed by atoms with E-state index in [0.29, 0.717) is 5.69 Å². The van der Waals surface area contributed by atoms with Crippen LogP contribution in [0.1, 0.15) is 41.8 Å². The van der Waals surface area contributed by atoms with Crippen molar-refractivity contribution in [2.24, 2.45) is 0 Å². The average molecular weight is 454 g/mol. The molecule has 6 nitrogen and oxygen atoms in total. The number of nitrogens with zero attached hydrogens (tertiary/aromatic N) is 3. The Morgan fingerprint density at radius 1 is 1.09 bits per heavy atom. The van der Waals surface area contributed by atoms with Gasteiger partial charge in [-0.1, -0.05) is 30.3 Å². The second-order valence-corrected chi connectivity index (χ2v) is 7.77. The van der Waals surface area contributed by atoms with Crippen LogP contribution < -0.4 is 5.32 Å². The second kappa shape index (κ2) is 8.57. The number of fused-ring (bicyclic) bond motifs is 1. The number of amides is 2. The molecule has 4 rings (SSSR count). The van der Waals surface area contributed by atoms with Crippen LogP contribution in [0.4, 0.5) is 19.0 Å². The summed E-state index contributed by atoms with van der Waals surface area (Å²) < 4.78 is 40.7. The van der Waals surface area contributed by atoms with Crippen LogP contribution in [0, 0.1) is 6.92 Å². The minimum absolute atomic E-state index is 0.0340. The molecule has 9 heteroatoms. The van der Waals surface area contributed by atoms with Crippen LogP contribution in [0.3, 0.4) is 0 Å². The summed E-state index contributed by atoms with van der Waals surface area (Å²) in [4.78, 5) is 26.6. The van der Waals surface area contributed by atoms with Crippen molar-refractivity contribution in [2.75, 3.05) is 5.32 Å². The van der Waals surface area contributed by atoms with Gasteiger partial charge in [0.1, 0.15) is 5.82 Å². The highest BCUT2D eigenvalue weighted by atomic mass is 19.4. The molecule has 1 N–H and O–H groups in total. The summed E-state index contributed by atoms with van der Waals surface area (Å²) in [6, 6.07) is 13.3. The molecule has 1 atom stereocenters. The van der Waals surface area contributed by atoms with Gasteiger partial charge in [0.25, 0.3) is 0 Å². The maximum absolute atomic E-state index is 13.1. The zero-order valence-corrected chi connectivity index (χ0v) is 17.9. The lowest BCUT2D eigenvalue weighted by molar-refractivity contribution is -0.137. The lowest BCUT2D eigenvalue weighted by Crippen LogP contribution is -2.33. The molecular formula is C24H21F3N4O2. The third-order valence-corrected chi connectivity index (χ3v) is 5.36. The highest BCUT2D eigenvalue weighted by molar-refractivity contribution is 5.91. The van der Waals surface area contributed by atoms with E-state index in [1.165, 1.54) is 28.6 Å². The number of benzene rings is 2. The van der Waals surface area contributed by atoms with Gasteiger partial charge in [0.05, 0.1) is 29.4 Å². The molecule has 170 valence electrons. The Hall–Kier alpha value is -3.88. The number of hydrogen-bond acceptors (Lipinski definition) is 3. The minimum Gasteiger partial charge on any atom is -0.311 e. The van der Waals surface area contributed by atoms with E-state index in [-0.39, 0.29) is 23.8 Å². The number of carbonyl (C=O) groups excluding carboxylic acids is 2. The Morgan fingerprint density at radius 3 is 2.58 bits per heavy atom. The van der Waals surface area contributed by atoms with Crippen molar-refractivity contribution >= 4 is 23.7 Å². The van der Waals surface area contributed by atoms with Crippen molar-refractivity contribution in [3.05, 3.63) is 83.2 Å². The molecule has 2 heterocycles. The fourth-order valence-corrected chi connectivity index (χ4v) is 3.88. The first-order valence-corrected chi connectivity index (χ1v) is 10.2. The third-order valence-electron chi connectivity index (χ3n) is 5.36. The number of alkyl halides is 3. The van der Waals surface area contributed by atoms with Crippen LogP contribution >= 0.6 is 0 Å². The lowest BCUT2D eigenvalue weighted by Gasteiger charge is -2.32. The molecule has 1 unspecified atom stereocenters. The van der Waals surface area contributed by atoms with Gasteiger partial charge in [0.2, 0.25) is 11.8 Å². The van der Waals surface area contributed by atoms with Crippen molar-refractivity contribution in [1.29, 1.82) is 0 Å². The van der Waals surface area contributed by atoms with Gasteiger partial charge >= 0.3 is 6.18 Å². The molecular weight excluding hydrogens is 433 g/mol. The normalized spacial score (nSPS) is 15.3. The molecule has 3 aromatic rings. The summed E-state index contributed by atoms with van der Waals surface area (Å²) in [5.41, 5.74) is 1.64. The van der Waals surface area contributed by atoms with Gasteiger partial charge in [0.15, 0.2) is 0 Å². The van der Waals surface area contributed by atoms with Crippen molar-refractivity contribution in [2.45, 2.75) is 32.5 Å². The highest BCUT2D eigenvalue weighted by Gasteiger charge is 2.31. The quantitative estimate of drug-likeness (QED) is 0.596. The number of halogens is 3. The van der Waals surface area contributed by atoms with E-state index in [9.17, 15) is 22.8 Å². The van der Waals surface area contributed by atoms with Crippen LogP contribution in [0.2, 0.25) is 0 Å². The molecule has 0 fully saturated rings. The molecule has 0 saturated carbocycles. The fraction of sp³-hybridized carbons (Fsp3) is 0.208. The molecule has 2 aromatic carbocycles. The van der Waals surface area contributed by atoms with E-state index < -0.39 is 23.7 Å². The molecule has 2 amide bonds. The number of carbonyl (C=O) groups is 2. The van der Waals surface area contributed by atoms with Gasteiger partial charge in [-0.3, -0.25) is 9.59 Å². The van der Waals surface area contributed by atoms with E-state index in [4.69, 9.17) is 0 Å². The smallest absolute Gasteiger partial charge is 0.311 e. The lowest BCUT2D eigenvalue weighted by atomic mass is 9.93. The average Bonchev–Trinajstić information content (AvgIpc) is 3.13. The van der Waals surface area contributed by atoms with Crippen molar-refractivity contribution in [3.8, 4) is 5.69 Å². The maximum atomic E-state index is 13.1. The van der Waals surface area contributed by atoms with Crippen molar-refractivity contribution in [3.63, 3.8) is 0 Å². The van der Waals surface area contributed by atoms with Crippen molar-refractivity contribution < 1.29 is 22.8 Å². The molecule has 1 aliphatic rings. The monoisotopic (exact) mass is 454 g/mol. The number of anilines is 1. The van der Waals surface area contributed by atoms with Crippen LogP contribution in [0.15, 0.2) is 60.8 Å². The standard InChI is InChI=1S/C24H21F3N4O2/c1-15-12-22(31(29-15)19-8-5-7-18(13-19)24(25,26)27)28-23(33)14-21-20-9-4-3-6-17(20)10-11-30(21)16(2)32/h3-13,21H,14H2,1-2H3,(H,28,33). The highest BCUT2D eigenvalue weighted by Crippen LogP contribution is 2.34. The van der Waals surface area contributed by atoms with Crippen LogP contribution in [-0.2, 0) is 15.8 Å². The number of nitrogens with one attached hydrogen (secondary N) is 1. The Morgan fingerprint density at radius 2 is 1.85 bits per heavy atom. The SMILES string of the molecule is CC(=O)N1C=Cc2ccccc2C1CC(=O)Nc1cc(C)nn1-c1cccc(C(F)(F)F)c1. The van der Waals surface area contributed by atoms with Gasteiger partial charge in [-0.2, -0.15) is 18.3 Å². The minimum atomic E-state index is -4.50. The number of hydrogen-bond donors (Lipinski definition) is 1. The van der Waals surface area contributed by atoms with Crippen molar-refractivity contribution in [1.82, 2.24) is 14.7 Å². The molecule has 0 aliphatic carbocycles. The summed E-state index contributed by atoms with van der Waals surface area (Å²) in [5.74, 6) is -0.362. The van der Waals surface area contributed by atoms with E-state index >= 15 is 0 Å².